The Morgan fingerprint density at radius 2 is 2.00 bits per heavy atom. The number of rotatable bonds is 6. The molecule has 0 aliphatic rings. The van der Waals surface area contributed by atoms with Gasteiger partial charge in [0.15, 0.2) is 0 Å². The van der Waals surface area contributed by atoms with E-state index in [1.165, 1.54) is 11.3 Å². The van der Waals surface area contributed by atoms with Crippen molar-refractivity contribution in [2.45, 2.75) is 32.7 Å². The first-order valence-corrected chi connectivity index (χ1v) is 9.50. The number of anilines is 1. The molecule has 148 valence electrons. The SMILES string of the molecule is CC(c1ccc(C(=O)N[C@H](C(=O)O)C(C)C)s1)c1c[nH]c2nc(N)[nH]c(=O)c12. The zero-order valence-electron chi connectivity index (χ0n) is 15.6. The van der Waals surface area contributed by atoms with Crippen LogP contribution in [0.2, 0.25) is 0 Å². The average Bonchev–Trinajstić information content (AvgIpc) is 3.25. The monoisotopic (exact) mass is 403 g/mol. The average molecular weight is 403 g/mol. The Kier molecular flexibility index (Phi) is 5.23. The fourth-order valence-corrected chi connectivity index (χ4v) is 3.99. The summed E-state index contributed by atoms with van der Waals surface area (Å²) in [5, 5.41) is 12.2. The molecule has 0 spiro atoms. The molecular weight excluding hydrogens is 382 g/mol. The molecule has 0 fully saturated rings. The van der Waals surface area contributed by atoms with Gasteiger partial charge < -0.3 is 21.1 Å². The van der Waals surface area contributed by atoms with Crippen molar-refractivity contribution in [1.82, 2.24) is 20.3 Å². The van der Waals surface area contributed by atoms with Gasteiger partial charge in [0.2, 0.25) is 5.95 Å². The molecule has 3 aromatic rings. The minimum absolute atomic E-state index is 0.0340. The van der Waals surface area contributed by atoms with Gasteiger partial charge in [-0.05, 0) is 23.6 Å². The molecule has 3 aromatic heterocycles. The van der Waals surface area contributed by atoms with Gasteiger partial charge in [0, 0.05) is 17.0 Å². The van der Waals surface area contributed by atoms with Crippen LogP contribution >= 0.6 is 11.3 Å². The summed E-state index contributed by atoms with van der Waals surface area (Å²) in [4.78, 5) is 46.8. The van der Waals surface area contributed by atoms with Crippen LogP contribution in [0.5, 0.6) is 0 Å². The number of nitrogens with two attached hydrogens (primary N) is 1. The smallest absolute Gasteiger partial charge is 0.326 e. The second-order valence-electron chi connectivity index (χ2n) is 6.88. The molecule has 2 atom stereocenters. The van der Waals surface area contributed by atoms with Crippen molar-refractivity contribution in [3.8, 4) is 0 Å². The summed E-state index contributed by atoms with van der Waals surface area (Å²) >= 11 is 1.25. The highest BCUT2D eigenvalue weighted by Crippen LogP contribution is 2.32. The molecule has 10 heteroatoms. The number of nitrogens with one attached hydrogen (secondary N) is 3. The molecule has 3 rings (SSSR count). The highest BCUT2D eigenvalue weighted by molar-refractivity contribution is 7.14. The molecule has 28 heavy (non-hydrogen) atoms. The van der Waals surface area contributed by atoms with Gasteiger partial charge in [0.05, 0.1) is 10.3 Å². The number of nitrogen functional groups attached to an aromatic ring is 1. The number of carboxylic acid groups (broad SMARTS) is 1. The molecule has 0 bridgehead atoms. The van der Waals surface area contributed by atoms with Crippen LogP contribution in [0.15, 0.2) is 23.1 Å². The lowest BCUT2D eigenvalue weighted by Gasteiger charge is -2.17. The fourth-order valence-electron chi connectivity index (χ4n) is 3.01. The predicted molar refractivity (Wildman–Crippen MR) is 107 cm³/mol. The third-order valence-corrected chi connectivity index (χ3v) is 5.82. The second kappa shape index (κ2) is 7.47. The maximum absolute atomic E-state index is 12.4. The third-order valence-electron chi connectivity index (χ3n) is 4.55. The van der Waals surface area contributed by atoms with Crippen LogP contribution in [0, 0.1) is 5.92 Å². The van der Waals surface area contributed by atoms with Crippen LogP contribution in [-0.4, -0.2) is 38.0 Å². The van der Waals surface area contributed by atoms with Gasteiger partial charge in [-0.1, -0.05) is 20.8 Å². The molecule has 1 amide bonds. The Bertz CT molecular complexity index is 1100. The number of carbonyl (C=O) groups is 2. The number of carboxylic acids is 1. The highest BCUT2D eigenvalue weighted by atomic mass is 32.1. The van der Waals surface area contributed by atoms with Gasteiger partial charge in [-0.15, -0.1) is 11.3 Å². The Hall–Kier alpha value is -3.14. The van der Waals surface area contributed by atoms with Gasteiger partial charge in [0.1, 0.15) is 11.7 Å². The number of thiophene rings is 1. The topological polar surface area (TPSA) is 154 Å². The van der Waals surface area contributed by atoms with E-state index in [9.17, 15) is 19.5 Å². The molecule has 3 heterocycles. The first-order chi connectivity index (χ1) is 13.2. The van der Waals surface area contributed by atoms with E-state index in [1.807, 2.05) is 6.92 Å². The molecule has 0 radical (unpaired) electrons. The predicted octanol–water partition coefficient (Wildman–Crippen LogP) is 1.89. The van der Waals surface area contributed by atoms with E-state index in [0.717, 1.165) is 10.4 Å². The van der Waals surface area contributed by atoms with E-state index in [2.05, 4.69) is 20.3 Å². The van der Waals surface area contributed by atoms with Crippen molar-refractivity contribution in [2.75, 3.05) is 5.73 Å². The third kappa shape index (κ3) is 3.63. The number of aliphatic carboxylic acids is 1. The summed E-state index contributed by atoms with van der Waals surface area (Å²) in [6, 6.07) is 2.49. The van der Waals surface area contributed by atoms with Crippen LogP contribution in [0.3, 0.4) is 0 Å². The molecule has 0 aliphatic carbocycles. The number of aromatic amines is 2. The summed E-state index contributed by atoms with van der Waals surface area (Å²) in [7, 11) is 0. The van der Waals surface area contributed by atoms with Crippen LogP contribution < -0.4 is 16.6 Å². The van der Waals surface area contributed by atoms with Crippen molar-refractivity contribution in [3.05, 3.63) is 44.0 Å². The van der Waals surface area contributed by atoms with Crippen molar-refractivity contribution in [1.29, 1.82) is 0 Å². The molecule has 6 N–H and O–H groups in total. The highest BCUT2D eigenvalue weighted by Gasteiger charge is 2.25. The van der Waals surface area contributed by atoms with Gasteiger partial charge >= 0.3 is 5.97 Å². The van der Waals surface area contributed by atoms with Crippen LogP contribution in [0.25, 0.3) is 11.0 Å². The molecule has 0 aromatic carbocycles. The molecule has 0 saturated carbocycles. The molecular formula is C18H21N5O4S. The lowest BCUT2D eigenvalue weighted by Crippen LogP contribution is -2.44. The number of aromatic nitrogens is 3. The maximum atomic E-state index is 12.4. The summed E-state index contributed by atoms with van der Waals surface area (Å²) in [5.74, 6) is -1.88. The van der Waals surface area contributed by atoms with Crippen molar-refractivity contribution in [2.24, 2.45) is 5.92 Å². The van der Waals surface area contributed by atoms with Crippen molar-refractivity contribution < 1.29 is 14.7 Å². The zero-order chi connectivity index (χ0) is 20.6. The Morgan fingerprint density at radius 1 is 1.29 bits per heavy atom. The number of amides is 1. The number of H-pyrrole nitrogens is 2. The molecule has 0 saturated heterocycles. The van der Waals surface area contributed by atoms with E-state index in [0.29, 0.717) is 15.9 Å². The van der Waals surface area contributed by atoms with Gasteiger partial charge in [0.25, 0.3) is 11.5 Å². The van der Waals surface area contributed by atoms with Crippen molar-refractivity contribution >= 4 is 40.2 Å². The minimum atomic E-state index is -1.07. The first-order valence-electron chi connectivity index (χ1n) is 8.69. The molecule has 0 aliphatic heterocycles. The lowest BCUT2D eigenvalue weighted by atomic mass is 10.0. The summed E-state index contributed by atoms with van der Waals surface area (Å²) in [6.45, 7) is 5.38. The first kappa shape index (κ1) is 19.6. The maximum Gasteiger partial charge on any atom is 0.326 e. The van der Waals surface area contributed by atoms with Crippen LogP contribution in [0.4, 0.5) is 5.95 Å². The molecule has 9 nitrogen and oxygen atoms in total. The van der Waals surface area contributed by atoms with E-state index < -0.39 is 17.9 Å². The summed E-state index contributed by atoms with van der Waals surface area (Å²) < 4.78 is 0. The van der Waals surface area contributed by atoms with E-state index in [1.54, 1.807) is 32.2 Å². The number of fused-ring (bicyclic) bond motifs is 1. The summed E-state index contributed by atoms with van der Waals surface area (Å²) in [5.41, 5.74) is 6.38. The quantitative estimate of drug-likeness (QED) is 0.423. The number of nitrogens with zero attached hydrogens (tertiary/aromatic N) is 1. The minimum Gasteiger partial charge on any atom is -0.480 e. The Labute approximate surface area is 164 Å². The number of hydrogen-bond donors (Lipinski definition) is 5. The second-order valence-corrected chi connectivity index (χ2v) is 7.99. The number of hydrogen-bond acceptors (Lipinski definition) is 6. The van der Waals surface area contributed by atoms with Crippen LogP contribution in [0.1, 0.15) is 46.8 Å². The largest absolute Gasteiger partial charge is 0.480 e. The standard InChI is InChI=1S/C18H21N5O4S/c1-7(2)13(17(26)27)21-15(24)11-5-4-10(28-11)8(3)9-6-20-14-12(9)16(25)23-18(19)22-14/h4-8,13H,1-3H3,(H,21,24)(H,26,27)(H4,19,20,22,23,25)/t8?,13-/m0/s1. The van der Waals surface area contributed by atoms with E-state index in [4.69, 9.17) is 5.73 Å². The van der Waals surface area contributed by atoms with Crippen LogP contribution in [-0.2, 0) is 4.79 Å². The lowest BCUT2D eigenvalue weighted by molar-refractivity contribution is -0.140. The Balaban J connectivity index is 1.87. The summed E-state index contributed by atoms with van der Waals surface area (Å²) in [6.07, 6.45) is 1.70. The molecule has 1 unspecified atom stereocenters. The van der Waals surface area contributed by atoms with Gasteiger partial charge in [-0.2, -0.15) is 4.98 Å². The Morgan fingerprint density at radius 3 is 2.64 bits per heavy atom. The zero-order valence-corrected chi connectivity index (χ0v) is 16.4. The fraction of sp³-hybridized carbons (Fsp3) is 0.333. The van der Waals surface area contributed by atoms with E-state index >= 15 is 0 Å². The van der Waals surface area contributed by atoms with Gasteiger partial charge in [-0.25, -0.2) is 4.79 Å². The van der Waals surface area contributed by atoms with Crippen molar-refractivity contribution in [3.63, 3.8) is 0 Å². The van der Waals surface area contributed by atoms with Gasteiger partial charge in [-0.3, -0.25) is 14.6 Å². The normalized spacial score (nSPS) is 13.6. The van der Waals surface area contributed by atoms with E-state index in [-0.39, 0.29) is 23.3 Å². The number of carbonyl (C=O) groups excluding carboxylic acids is 1.